The molecule has 0 bridgehead atoms. The third-order valence-electron chi connectivity index (χ3n) is 5.47. The van der Waals surface area contributed by atoms with E-state index in [2.05, 4.69) is 0 Å². The molecule has 180 valence electrons. The second-order valence-electron chi connectivity index (χ2n) is 7.90. The van der Waals surface area contributed by atoms with Gasteiger partial charge in [0.1, 0.15) is 18.0 Å². The summed E-state index contributed by atoms with van der Waals surface area (Å²) >= 11 is 6.09. The minimum absolute atomic E-state index is 0.0748. The topological polar surface area (TPSA) is 134 Å². The average Bonchev–Trinajstić information content (AvgIpc) is 2.80. The number of phenols is 1. The maximum Gasteiger partial charge on any atom is 0.336 e. The number of hydrogen-bond donors (Lipinski definition) is 4. The van der Waals surface area contributed by atoms with Crippen molar-refractivity contribution in [1.29, 1.82) is 0 Å². The number of aliphatic hydroxyl groups excluding tert-OH is 2. The maximum absolute atomic E-state index is 12.3. The summed E-state index contributed by atoms with van der Waals surface area (Å²) in [5.74, 6) is -2.10. The van der Waals surface area contributed by atoms with Crippen LogP contribution in [0.4, 0.5) is 0 Å². The standard InChI is InChI=1S/C25H25ClO8/c26-19-6-2-1-4-17(19)5-3-13-33-25(24(31)32)14-20(28)23(30)21(15-25)34-22(29)12-9-16-7-10-18(27)11-8-16/h1-12,20-21,23,27-28,30H,13-15H2,(H,31,32)/t20-,21+,23+,25-/m0/s1. The van der Waals surface area contributed by atoms with Crippen LogP contribution in [0.5, 0.6) is 5.75 Å². The van der Waals surface area contributed by atoms with E-state index < -0.39 is 35.9 Å². The number of halogens is 1. The van der Waals surface area contributed by atoms with Crippen molar-refractivity contribution in [2.24, 2.45) is 0 Å². The minimum Gasteiger partial charge on any atom is -0.508 e. The Labute approximate surface area is 201 Å². The van der Waals surface area contributed by atoms with Gasteiger partial charge in [0, 0.05) is 23.9 Å². The number of aliphatic hydroxyl groups is 2. The number of rotatable bonds is 8. The van der Waals surface area contributed by atoms with E-state index >= 15 is 0 Å². The largest absolute Gasteiger partial charge is 0.508 e. The highest BCUT2D eigenvalue weighted by Crippen LogP contribution is 2.35. The Morgan fingerprint density at radius 2 is 1.76 bits per heavy atom. The molecule has 0 radical (unpaired) electrons. The number of carboxylic acids is 1. The zero-order valence-electron chi connectivity index (χ0n) is 18.1. The lowest BCUT2D eigenvalue weighted by Gasteiger charge is -2.41. The molecule has 0 unspecified atom stereocenters. The van der Waals surface area contributed by atoms with E-state index in [9.17, 15) is 30.0 Å². The van der Waals surface area contributed by atoms with Gasteiger partial charge in [-0.3, -0.25) is 0 Å². The Balaban J connectivity index is 1.67. The van der Waals surface area contributed by atoms with Crippen LogP contribution < -0.4 is 0 Å². The zero-order valence-corrected chi connectivity index (χ0v) is 18.8. The number of esters is 1. The van der Waals surface area contributed by atoms with E-state index in [1.807, 2.05) is 0 Å². The quantitative estimate of drug-likeness (QED) is 0.329. The molecule has 2 aromatic carbocycles. The smallest absolute Gasteiger partial charge is 0.336 e. The number of carbonyl (C=O) groups excluding carboxylic acids is 1. The van der Waals surface area contributed by atoms with Crippen LogP contribution in [-0.4, -0.2) is 62.9 Å². The number of phenolic OH excluding ortho intramolecular Hbond substituents is 1. The van der Waals surface area contributed by atoms with E-state index in [1.165, 1.54) is 18.2 Å². The lowest BCUT2D eigenvalue weighted by atomic mass is 9.79. The predicted octanol–water partition coefficient (Wildman–Crippen LogP) is 3.04. The lowest BCUT2D eigenvalue weighted by Crippen LogP contribution is -2.58. The van der Waals surface area contributed by atoms with Gasteiger partial charge in [0.2, 0.25) is 0 Å². The fourth-order valence-corrected chi connectivity index (χ4v) is 3.83. The summed E-state index contributed by atoms with van der Waals surface area (Å²) in [5.41, 5.74) is -0.522. The Morgan fingerprint density at radius 1 is 1.06 bits per heavy atom. The van der Waals surface area contributed by atoms with Gasteiger partial charge in [0.25, 0.3) is 0 Å². The van der Waals surface area contributed by atoms with Crippen LogP contribution in [0.3, 0.4) is 0 Å². The lowest BCUT2D eigenvalue weighted by molar-refractivity contribution is -0.204. The molecular weight excluding hydrogens is 464 g/mol. The number of hydrogen-bond acceptors (Lipinski definition) is 7. The Kier molecular flexibility index (Phi) is 8.46. The van der Waals surface area contributed by atoms with Crippen LogP contribution in [0.25, 0.3) is 12.2 Å². The van der Waals surface area contributed by atoms with Crippen LogP contribution in [-0.2, 0) is 19.1 Å². The SMILES string of the molecule is O=C(C=Cc1ccc(O)cc1)O[C@@H]1C[C@](OCC=Cc2ccccc2Cl)(C(=O)O)C[C@H](O)[C@H]1O. The van der Waals surface area contributed by atoms with Gasteiger partial charge in [0.15, 0.2) is 5.60 Å². The molecule has 0 aromatic heterocycles. The first kappa shape index (κ1) is 25.5. The van der Waals surface area contributed by atoms with Gasteiger partial charge >= 0.3 is 11.9 Å². The highest BCUT2D eigenvalue weighted by Gasteiger charge is 2.52. The van der Waals surface area contributed by atoms with E-state index in [1.54, 1.807) is 48.6 Å². The van der Waals surface area contributed by atoms with Crippen molar-refractivity contribution in [3.8, 4) is 5.75 Å². The molecule has 3 rings (SSSR count). The molecule has 9 heteroatoms. The molecule has 0 heterocycles. The summed E-state index contributed by atoms with van der Waals surface area (Å²) in [7, 11) is 0. The summed E-state index contributed by atoms with van der Waals surface area (Å²) in [6, 6.07) is 13.2. The van der Waals surface area contributed by atoms with Crippen molar-refractivity contribution in [1.82, 2.24) is 0 Å². The summed E-state index contributed by atoms with van der Waals surface area (Å²) in [6.45, 7) is -0.109. The van der Waals surface area contributed by atoms with Crippen molar-refractivity contribution >= 4 is 35.7 Å². The van der Waals surface area contributed by atoms with E-state index in [4.69, 9.17) is 21.1 Å². The van der Waals surface area contributed by atoms with Gasteiger partial charge < -0.3 is 29.9 Å². The van der Waals surface area contributed by atoms with Gasteiger partial charge in [-0.15, -0.1) is 0 Å². The second kappa shape index (κ2) is 11.3. The third kappa shape index (κ3) is 6.45. The van der Waals surface area contributed by atoms with Crippen molar-refractivity contribution in [3.05, 3.63) is 76.8 Å². The van der Waals surface area contributed by atoms with E-state index in [0.29, 0.717) is 10.6 Å². The fourth-order valence-electron chi connectivity index (χ4n) is 3.63. The molecule has 4 N–H and O–H groups in total. The Morgan fingerprint density at radius 3 is 2.44 bits per heavy atom. The van der Waals surface area contributed by atoms with Crippen molar-refractivity contribution in [2.75, 3.05) is 6.61 Å². The Hall–Kier alpha value is -3.17. The molecule has 8 nitrogen and oxygen atoms in total. The van der Waals surface area contributed by atoms with Crippen molar-refractivity contribution < 1.29 is 39.5 Å². The van der Waals surface area contributed by atoms with Gasteiger partial charge in [0.05, 0.1) is 12.7 Å². The normalized spacial score (nSPS) is 25.0. The molecule has 1 saturated carbocycles. The highest BCUT2D eigenvalue weighted by atomic mass is 35.5. The Bertz CT molecular complexity index is 1060. The van der Waals surface area contributed by atoms with Crippen LogP contribution in [0.1, 0.15) is 24.0 Å². The first-order valence-corrected chi connectivity index (χ1v) is 10.9. The van der Waals surface area contributed by atoms with Crippen LogP contribution in [0, 0.1) is 0 Å². The minimum atomic E-state index is -1.87. The van der Waals surface area contributed by atoms with Crippen molar-refractivity contribution in [2.45, 2.75) is 36.8 Å². The van der Waals surface area contributed by atoms with Crippen LogP contribution in [0.15, 0.2) is 60.7 Å². The first-order chi connectivity index (χ1) is 16.2. The molecule has 2 aromatic rings. The molecule has 1 fully saturated rings. The number of benzene rings is 2. The van der Waals surface area contributed by atoms with Gasteiger partial charge in [-0.25, -0.2) is 9.59 Å². The first-order valence-electron chi connectivity index (χ1n) is 10.5. The van der Waals surface area contributed by atoms with Crippen LogP contribution in [0.2, 0.25) is 5.02 Å². The maximum atomic E-state index is 12.3. The monoisotopic (exact) mass is 488 g/mol. The number of carboxylic acid groups (broad SMARTS) is 1. The number of ether oxygens (including phenoxy) is 2. The van der Waals surface area contributed by atoms with E-state index in [-0.39, 0.29) is 25.2 Å². The summed E-state index contributed by atoms with van der Waals surface area (Å²) in [5, 5.41) is 40.3. The molecule has 0 aliphatic heterocycles. The summed E-state index contributed by atoms with van der Waals surface area (Å²) < 4.78 is 10.9. The molecular formula is C25H25ClO8. The molecule has 1 aliphatic carbocycles. The number of carbonyl (C=O) groups is 2. The van der Waals surface area contributed by atoms with Gasteiger partial charge in [-0.05, 0) is 35.4 Å². The molecule has 34 heavy (non-hydrogen) atoms. The molecule has 0 amide bonds. The summed E-state index contributed by atoms with van der Waals surface area (Å²) in [4.78, 5) is 24.3. The molecule has 0 saturated heterocycles. The van der Waals surface area contributed by atoms with Crippen LogP contribution >= 0.6 is 11.6 Å². The van der Waals surface area contributed by atoms with Gasteiger partial charge in [-0.2, -0.15) is 0 Å². The fraction of sp³-hybridized carbons (Fsp3) is 0.280. The molecule has 4 atom stereocenters. The average molecular weight is 489 g/mol. The molecule has 1 aliphatic rings. The highest BCUT2D eigenvalue weighted by molar-refractivity contribution is 6.32. The molecule has 0 spiro atoms. The predicted molar refractivity (Wildman–Crippen MR) is 125 cm³/mol. The third-order valence-corrected chi connectivity index (χ3v) is 5.81. The van der Waals surface area contributed by atoms with Crippen molar-refractivity contribution in [3.63, 3.8) is 0 Å². The zero-order chi connectivity index (χ0) is 24.7. The van der Waals surface area contributed by atoms with Gasteiger partial charge in [-0.1, -0.05) is 54.1 Å². The number of aliphatic carboxylic acids is 1. The summed E-state index contributed by atoms with van der Waals surface area (Å²) in [6.07, 6.45) is 0.841. The second-order valence-corrected chi connectivity index (χ2v) is 8.31. The number of aromatic hydroxyl groups is 1. The van der Waals surface area contributed by atoms with E-state index in [0.717, 1.165) is 11.6 Å².